The zero-order valence-corrected chi connectivity index (χ0v) is 13.6. The first kappa shape index (κ1) is 16.8. The number of fused-ring (bicyclic) bond motifs is 1. The van der Waals surface area contributed by atoms with Gasteiger partial charge in [-0.1, -0.05) is 29.8 Å². The third kappa shape index (κ3) is 2.88. The number of amides is 1. The molecule has 0 saturated carbocycles. The summed E-state index contributed by atoms with van der Waals surface area (Å²) >= 11 is 6.26. The molecule has 2 aromatic rings. The minimum Gasteiger partial charge on any atom is -0.328 e. The van der Waals surface area contributed by atoms with Gasteiger partial charge in [-0.15, -0.1) is 0 Å². The van der Waals surface area contributed by atoms with Gasteiger partial charge in [-0.3, -0.25) is 4.79 Å². The average Bonchev–Trinajstić information content (AvgIpc) is 2.87. The number of alkyl halides is 2. The first-order valence-corrected chi connectivity index (χ1v) is 7.85. The van der Waals surface area contributed by atoms with Crippen LogP contribution in [0.3, 0.4) is 0 Å². The molecular formula is C16H15ClF3N3O. The highest BCUT2D eigenvalue weighted by Gasteiger charge is 2.36. The third-order valence-corrected chi connectivity index (χ3v) is 4.61. The monoisotopic (exact) mass is 357 g/mol. The summed E-state index contributed by atoms with van der Waals surface area (Å²) in [5, 5.41) is 4.38. The van der Waals surface area contributed by atoms with E-state index in [9.17, 15) is 18.0 Å². The fraction of sp³-hybridized carbons (Fsp3) is 0.375. The summed E-state index contributed by atoms with van der Waals surface area (Å²) in [4.78, 5) is 13.5. The zero-order chi connectivity index (χ0) is 17.4. The molecule has 1 aromatic heterocycles. The molecule has 128 valence electrons. The lowest BCUT2D eigenvalue weighted by molar-refractivity contribution is 0.0254. The standard InChI is InChI=1S/C16H15ClF3N3O/c1-9(15(19)20)22-7-6-11-13(16(22)24)21-23(14(11)17)8-10-4-2-3-5-12(10)18/h2-5,9,15H,6-8H2,1H3. The molecular weight excluding hydrogens is 343 g/mol. The van der Waals surface area contributed by atoms with Gasteiger partial charge in [0.1, 0.15) is 11.0 Å². The highest BCUT2D eigenvalue weighted by Crippen LogP contribution is 2.28. The van der Waals surface area contributed by atoms with Crippen LogP contribution in [-0.4, -0.2) is 39.6 Å². The molecule has 8 heteroatoms. The summed E-state index contributed by atoms with van der Waals surface area (Å²) < 4.78 is 40.9. The predicted octanol–water partition coefficient (Wildman–Crippen LogP) is 3.38. The Hall–Kier alpha value is -2.02. The van der Waals surface area contributed by atoms with Gasteiger partial charge in [0.25, 0.3) is 12.3 Å². The molecule has 0 radical (unpaired) electrons. The summed E-state index contributed by atoms with van der Waals surface area (Å²) in [6, 6.07) is 4.98. The van der Waals surface area contributed by atoms with Crippen LogP contribution in [0.25, 0.3) is 0 Å². The van der Waals surface area contributed by atoms with Crippen molar-refractivity contribution in [1.82, 2.24) is 14.7 Å². The fourth-order valence-corrected chi connectivity index (χ4v) is 3.04. The Bertz CT molecular complexity index is 778. The number of rotatable bonds is 4. The second kappa shape index (κ2) is 6.47. The number of carbonyl (C=O) groups is 1. The van der Waals surface area contributed by atoms with Crippen LogP contribution >= 0.6 is 11.6 Å². The van der Waals surface area contributed by atoms with Crippen molar-refractivity contribution in [3.05, 3.63) is 52.1 Å². The molecule has 1 aliphatic heterocycles. The maximum absolute atomic E-state index is 13.8. The van der Waals surface area contributed by atoms with Crippen LogP contribution in [0.1, 0.15) is 28.5 Å². The van der Waals surface area contributed by atoms with Crippen molar-refractivity contribution in [3.8, 4) is 0 Å². The van der Waals surface area contributed by atoms with E-state index in [1.165, 1.54) is 17.7 Å². The number of hydrogen-bond donors (Lipinski definition) is 0. The van der Waals surface area contributed by atoms with Crippen molar-refractivity contribution >= 4 is 17.5 Å². The molecule has 3 rings (SSSR count). The molecule has 2 heterocycles. The highest BCUT2D eigenvalue weighted by atomic mass is 35.5. The van der Waals surface area contributed by atoms with Gasteiger partial charge >= 0.3 is 0 Å². The number of carbonyl (C=O) groups excluding carboxylic acids is 1. The van der Waals surface area contributed by atoms with Gasteiger partial charge in [0.05, 0.1) is 12.6 Å². The number of halogens is 4. The molecule has 4 nitrogen and oxygen atoms in total. The van der Waals surface area contributed by atoms with E-state index < -0.39 is 24.2 Å². The van der Waals surface area contributed by atoms with Gasteiger partial charge in [0, 0.05) is 17.7 Å². The summed E-state index contributed by atoms with van der Waals surface area (Å²) in [5.74, 6) is -0.973. The first-order chi connectivity index (χ1) is 11.4. The predicted molar refractivity (Wildman–Crippen MR) is 82.9 cm³/mol. The van der Waals surface area contributed by atoms with Crippen molar-refractivity contribution in [1.29, 1.82) is 0 Å². The Balaban J connectivity index is 1.91. The molecule has 0 spiro atoms. The molecule has 1 aromatic carbocycles. The molecule has 0 saturated heterocycles. The summed E-state index contributed by atoms with van der Waals surface area (Å²) in [5.41, 5.74) is 0.968. The molecule has 1 aliphatic rings. The minimum absolute atomic E-state index is 0.0649. The van der Waals surface area contributed by atoms with Crippen LogP contribution < -0.4 is 0 Å². The molecule has 1 amide bonds. The minimum atomic E-state index is -2.63. The van der Waals surface area contributed by atoms with Gasteiger partial charge in [0.15, 0.2) is 5.69 Å². The Morgan fingerprint density at radius 3 is 2.71 bits per heavy atom. The smallest absolute Gasteiger partial charge is 0.275 e. The van der Waals surface area contributed by atoms with Crippen molar-refractivity contribution in [3.63, 3.8) is 0 Å². The van der Waals surface area contributed by atoms with Crippen LogP contribution in [0, 0.1) is 5.82 Å². The maximum Gasteiger partial charge on any atom is 0.275 e. The number of benzene rings is 1. The topological polar surface area (TPSA) is 38.1 Å². The van der Waals surface area contributed by atoms with Crippen LogP contribution in [0.15, 0.2) is 24.3 Å². The van der Waals surface area contributed by atoms with E-state index in [2.05, 4.69) is 5.10 Å². The summed E-state index contributed by atoms with van der Waals surface area (Å²) in [6.07, 6.45) is -2.29. The van der Waals surface area contributed by atoms with Crippen molar-refractivity contribution in [2.75, 3.05) is 6.54 Å². The van der Waals surface area contributed by atoms with Gasteiger partial charge in [-0.25, -0.2) is 17.9 Å². The molecule has 24 heavy (non-hydrogen) atoms. The molecule has 0 aliphatic carbocycles. The van der Waals surface area contributed by atoms with Gasteiger partial charge in [-0.05, 0) is 19.4 Å². The summed E-state index contributed by atoms with van der Waals surface area (Å²) in [7, 11) is 0. The quantitative estimate of drug-likeness (QED) is 0.841. The highest BCUT2D eigenvalue weighted by molar-refractivity contribution is 6.31. The Labute approximate surface area is 141 Å². The number of aromatic nitrogens is 2. The lowest BCUT2D eigenvalue weighted by Crippen LogP contribution is -2.46. The van der Waals surface area contributed by atoms with Crippen LogP contribution in [0.2, 0.25) is 5.15 Å². The Morgan fingerprint density at radius 2 is 2.04 bits per heavy atom. The van der Waals surface area contributed by atoms with Crippen molar-refractivity contribution in [2.45, 2.75) is 32.4 Å². The van der Waals surface area contributed by atoms with E-state index in [0.717, 1.165) is 4.90 Å². The fourth-order valence-electron chi connectivity index (χ4n) is 2.76. The zero-order valence-electron chi connectivity index (χ0n) is 12.8. The van der Waals surface area contributed by atoms with E-state index in [1.807, 2.05) is 0 Å². The van der Waals surface area contributed by atoms with E-state index in [-0.39, 0.29) is 23.9 Å². The third-order valence-electron chi connectivity index (χ3n) is 4.18. The van der Waals surface area contributed by atoms with E-state index >= 15 is 0 Å². The molecule has 1 atom stereocenters. The lowest BCUT2D eigenvalue weighted by Gasteiger charge is -2.31. The largest absolute Gasteiger partial charge is 0.328 e. The van der Waals surface area contributed by atoms with Crippen molar-refractivity contribution in [2.24, 2.45) is 0 Å². The second-order valence-corrected chi connectivity index (χ2v) is 6.05. The normalized spacial score (nSPS) is 15.8. The van der Waals surface area contributed by atoms with E-state index in [0.29, 0.717) is 17.5 Å². The van der Waals surface area contributed by atoms with E-state index in [1.54, 1.807) is 18.2 Å². The Kier molecular flexibility index (Phi) is 4.54. The number of hydrogen-bond acceptors (Lipinski definition) is 2. The second-order valence-electron chi connectivity index (χ2n) is 5.69. The van der Waals surface area contributed by atoms with E-state index in [4.69, 9.17) is 11.6 Å². The van der Waals surface area contributed by atoms with Crippen LogP contribution in [0.4, 0.5) is 13.2 Å². The van der Waals surface area contributed by atoms with Gasteiger partial charge in [0.2, 0.25) is 0 Å². The van der Waals surface area contributed by atoms with Crippen LogP contribution in [0.5, 0.6) is 0 Å². The average molecular weight is 358 g/mol. The molecule has 1 unspecified atom stereocenters. The lowest BCUT2D eigenvalue weighted by atomic mass is 10.1. The first-order valence-electron chi connectivity index (χ1n) is 7.48. The van der Waals surface area contributed by atoms with Gasteiger partial charge in [-0.2, -0.15) is 5.10 Å². The summed E-state index contributed by atoms with van der Waals surface area (Å²) in [6.45, 7) is 1.52. The number of nitrogens with zero attached hydrogens (tertiary/aromatic N) is 3. The van der Waals surface area contributed by atoms with Crippen molar-refractivity contribution < 1.29 is 18.0 Å². The van der Waals surface area contributed by atoms with Gasteiger partial charge < -0.3 is 4.90 Å². The molecule has 0 fully saturated rings. The molecule has 0 bridgehead atoms. The maximum atomic E-state index is 13.8. The Morgan fingerprint density at radius 1 is 1.33 bits per heavy atom. The molecule has 0 N–H and O–H groups in total. The van der Waals surface area contributed by atoms with Crippen LogP contribution in [-0.2, 0) is 13.0 Å². The SMILES string of the molecule is CC(C(F)F)N1CCc2c(nn(Cc3ccccc3F)c2Cl)C1=O.